The first-order valence-electron chi connectivity index (χ1n) is 5.80. The fraction of sp³-hybridized carbons (Fsp3) is 0.538. The number of nitrogens with one attached hydrogen (secondary N) is 1. The molecule has 1 aromatic rings. The highest BCUT2D eigenvalue weighted by Crippen LogP contribution is 2.28. The van der Waals surface area contributed by atoms with Gasteiger partial charge in [-0.2, -0.15) is 0 Å². The minimum atomic E-state index is 0.643. The predicted octanol–water partition coefficient (Wildman–Crippen LogP) is 2.86. The normalized spacial score (nSPS) is 20.5. The van der Waals surface area contributed by atoms with Crippen LogP contribution in [0.1, 0.15) is 17.5 Å². The Balaban J connectivity index is 2.22. The highest BCUT2D eigenvalue weighted by Gasteiger charge is 2.21. The Morgan fingerprint density at radius 1 is 1.31 bits per heavy atom. The molecule has 0 amide bonds. The van der Waals surface area contributed by atoms with Crippen LogP contribution in [0.25, 0.3) is 0 Å². The summed E-state index contributed by atoms with van der Waals surface area (Å²) >= 11 is 3.62. The van der Waals surface area contributed by atoms with Gasteiger partial charge in [0, 0.05) is 29.3 Å². The van der Waals surface area contributed by atoms with E-state index >= 15 is 0 Å². The van der Waals surface area contributed by atoms with Crippen molar-refractivity contribution in [3.05, 3.63) is 27.7 Å². The second-order valence-corrected chi connectivity index (χ2v) is 5.41. The molecule has 1 saturated heterocycles. The van der Waals surface area contributed by atoms with Crippen molar-refractivity contribution in [2.24, 2.45) is 0 Å². The standard InChI is InChI=1S/C13H19BrN2/c1-9-6-12(7-10(2)13(9)14)16-5-4-11(8-16)15-3/h6-7,11,15H,4-5,8H2,1-3H3. The summed E-state index contributed by atoms with van der Waals surface area (Å²) in [7, 11) is 2.05. The van der Waals surface area contributed by atoms with E-state index in [2.05, 4.69) is 52.1 Å². The molecule has 16 heavy (non-hydrogen) atoms. The third kappa shape index (κ3) is 2.25. The fourth-order valence-corrected chi connectivity index (χ4v) is 2.56. The van der Waals surface area contributed by atoms with Gasteiger partial charge < -0.3 is 10.2 Å². The molecule has 0 radical (unpaired) electrons. The highest BCUT2D eigenvalue weighted by atomic mass is 79.9. The fourth-order valence-electron chi connectivity index (χ4n) is 2.34. The van der Waals surface area contributed by atoms with Crippen molar-refractivity contribution in [3.63, 3.8) is 0 Å². The van der Waals surface area contributed by atoms with Crippen LogP contribution < -0.4 is 10.2 Å². The number of anilines is 1. The van der Waals surface area contributed by atoms with Gasteiger partial charge >= 0.3 is 0 Å². The van der Waals surface area contributed by atoms with Crippen molar-refractivity contribution in [1.29, 1.82) is 0 Å². The summed E-state index contributed by atoms with van der Waals surface area (Å²) in [6.45, 7) is 6.60. The Morgan fingerprint density at radius 2 is 1.94 bits per heavy atom. The van der Waals surface area contributed by atoms with Crippen molar-refractivity contribution in [2.45, 2.75) is 26.3 Å². The number of likely N-dealkylation sites (N-methyl/N-ethyl adjacent to an activating group) is 1. The molecule has 1 N–H and O–H groups in total. The topological polar surface area (TPSA) is 15.3 Å². The summed E-state index contributed by atoms with van der Waals surface area (Å²) in [4.78, 5) is 2.47. The Labute approximate surface area is 106 Å². The molecular weight excluding hydrogens is 264 g/mol. The van der Waals surface area contributed by atoms with Gasteiger partial charge in [-0.15, -0.1) is 0 Å². The molecule has 2 nitrogen and oxygen atoms in total. The quantitative estimate of drug-likeness (QED) is 0.898. The Hall–Kier alpha value is -0.540. The average molecular weight is 283 g/mol. The molecular formula is C13H19BrN2. The molecule has 2 rings (SSSR count). The van der Waals surface area contributed by atoms with Crippen LogP contribution in [0.5, 0.6) is 0 Å². The van der Waals surface area contributed by atoms with Crippen LogP contribution in [0.2, 0.25) is 0 Å². The summed E-state index contributed by atoms with van der Waals surface area (Å²) in [6, 6.07) is 5.19. The molecule has 1 unspecified atom stereocenters. The predicted molar refractivity (Wildman–Crippen MR) is 73.3 cm³/mol. The molecule has 0 bridgehead atoms. The van der Waals surface area contributed by atoms with Crippen LogP contribution in [0.4, 0.5) is 5.69 Å². The molecule has 3 heteroatoms. The van der Waals surface area contributed by atoms with Crippen LogP contribution in [-0.2, 0) is 0 Å². The van der Waals surface area contributed by atoms with E-state index in [0.717, 1.165) is 13.1 Å². The van der Waals surface area contributed by atoms with E-state index < -0.39 is 0 Å². The first-order valence-corrected chi connectivity index (χ1v) is 6.60. The average Bonchev–Trinajstić information content (AvgIpc) is 2.73. The second-order valence-electron chi connectivity index (χ2n) is 4.61. The molecule has 0 spiro atoms. The number of benzene rings is 1. The molecule has 88 valence electrons. The summed E-state index contributed by atoms with van der Waals surface area (Å²) < 4.78 is 1.24. The van der Waals surface area contributed by atoms with Crippen molar-refractivity contribution in [3.8, 4) is 0 Å². The summed E-state index contributed by atoms with van der Waals surface area (Å²) in [5.74, 6) is 0. The van der Waals surface area contributed by atoms with Crippen LogP contribution in [-0.4, -0.2) is 26.2 Å². The molecule has 0 aromatic heterocycles. The number of nitrogens with zero attached hydrogens (tertiary/aromatic N) is 1. The highest BCUT2D eigenvalue weighted by molar-refractivity contribution is 9.10. The van der Waals surface area contributed by atoms with Gasteiger partial charge in [-0.25, -0.2) is 0 Å². The SMILES string of the molecule is CNC1CCN(c2cc(C)c(Br)c(C)c2)C1. The summed E-state index contributed by atoms with van der Waals surface area (Å²) in [6.07, 6.45) is 1.24. The first-order chi connectivity index (χ1) is 7.61. The van der Waals surface area contributed by atoms with E-state index in [-0.39, 0.29) is 0 Å². The summed E-state index contributed by atoms with van der Waals surface area (Å²) in [5, 5.41) is 3.35. The lowest BCUT2D eigenvalue weighted by Gasteiger charge is -2.20. The monoisotopic (exact) mass is 282 g/mol. The van der Waals surface area contributed by atoms with Gasteiger partial charge in [0.05, 0.1) is 0 Å². The third-order valence-corrected chi connectivity index (χ3v) is 4.63. The van der Waals surface area contributed by atoms with Crippen LogP contribution in [0.3, 0.4) is 0 Å². The molecule has 1 aliphatic rings. The van der Waals surface area contributed by atoms with Crippen LogP contribution in [0.15, 0.2) is 16.6 Å². The zero-order valence-electron chi connectivity index (χ0n) is 10.2. The van der Waals surface area contributed by atoms with Crippen LogP contribution in [0, 0.1) is 13.8 Å². The Bertz CT molecular complexity index is 367. The Morgan fingerprint density at radius 3 is 2.44 bits per heavy atom. The maximum Gasteiger partial charge on any atom is 0.0372 e. The van der Waals surface area contributed by atoms with Crippen LogP contribution >= 0.6 is 15.9 Å². The minimum absolute atomic E-state index is 0.643. The zero-order chi connectivity index (χ0) is 11.7. The lowest BCUT2D eigenvalue weighted by molar-refractivity contribution is 0.617. The number of hydrogen-bond donors (Lipinski definition) is 1. The number of halogens is 1. The van der Waals surface area contributed by atoms with Gasteiger partial charge in [-0.3, -0.25) is 0 Å². The van der Waals surface area contributed by atoms with Crippen molar-refractivity contribution in [1.82, 2.24) is 5.32 Å². The molecule has 1 aromatic carbocycles. The number of aryl methyl sites for hydroxylation is 2. The number of rotatable bonds is 2. The maximum atomic E-state index is 3.62. The molecule has 1 aliphatic heterocycles. The van der Waals surface area contributed by atoms with E-state index in [1.165, 1.54) is 27.7 Å². The van der Waals surface area contributed by atoms with Gasteiger partial charge in [0.15, 0.2) is 0 Å². The maximum absolute atomic E-state index is 3.62. The molecule has 1 atom stereocenters. The van der Waals surface area contributed by atoms with E-state index in [1.54, 1.807) is 0 Å². The van der Waals surface area contributed by atoms with Crippen molar-refractivity contribution >= 4 is 21.6 Å². The minimum Gasteiger partial charge on any atom is -0.370 e. The molecule has 0 saturated carbocycles. The van der Waals surface area contributed by atoms with Gasteiger partial charge in [-0.1, -0.05) is 15.9 Å². The van der Waals surface area contributed by atoms with E-state index in [4.69, 9.17) is 0 Å². The van der Waals surface area contributed by atoms with Gasteiger partial charge in [0.25, 0.3) is 0 Å². The molecule has 1 fully saturated rings. The van der Waals surface area contributed by atoms with Crippen molar-refractivity contribution < 1.29 is 0 Å². The van der Waals surface area contributed by atoms with E-state index in [0.29, 0.717) is 6.04 Å². The third-order valence-electron chi connectivity index (χ3n) is 3.38. The van der Waals surface area contributed by atoms with E-state index in [1.807, 2.05) is 7.05 Å². The lowest BCUT2D eigenvalue weighted by atomic mass is 10.1. The lowest BCUT2D eigenvalue weighted by Crippen LogP contribution is -2.29. The zero-order valence-corrected chi connectivity index (χ0v) is 11.8. The smallest absolute Gasteiger partial charge is 0.0372 e. The Kier molecular flexibility index (Phi) is 3.55. The first kappa shape index (κ1) is 11.9. The van der Waals surface area contributed by atoms with Gasteiger partial charge in [0.2, 0.25) is 0 Å². The largest absolute Gasteiger partial charge is 0.370 e. The summed E-state index contributed by atoms with van der Waals surface area (Å²) in [5.41, 5.74) is 4.00. The second kappa shape index (κ2) is 4.76. The van der Waals surface area contributed by atoms with Crippen molar-refractivity contribution in [2.75, 3.05) is 25.0 Å². The molecule has 1 heterocycles. The molecule has 0 aliphatic carbocycles. The number of hydrogen-bond acceptors (Lipinski definition) is 2. The van der Waals surface area contributed by atoms with Gasteiger partial charge in [0.1, 0.15) is 0 Å². The van der Waals surface area contributed by atoms with E-state index in [9.17, 15) is 0 Å². The van der Waals surface area contributed by atoms with Gasteiger partial charge in [-0.05, 0) is 50.6 Å².